The fraction of sp³-hybridized carbons (Fsp3) is 0.333. The van der Waals surface area contributed by atoms with Crippen molar-refractivity contribution in [2.75, 3.05) is 25.5 Å². The Hall–Kier alpha value is -2.67. The van der Waals surface area contributed by atoms with E-state index in [4.69, 9.17) is 20.8 Å². The van der Waals surface area contributed by atoms with E-state index in [2.05, 4.69) is 10.6 Å². The Morgan fingerprint density at radius 2 is 2.19 bits per heavy atom. The van der Waals surface area contributed by atoms with Gasteiger partial charge in [0, 0.05) is 24.2 Å². The van der Waals surface area contributed by atoms with Crippen molar-refractivity contribution in [1.82, 2.24) is 10.2 Å². The lowest BCUT2D eigenvalue weighted by molar-refractivity contribution is 0.0666. The van der Waals surface area contributed by atoms with Crippen molar-refractivity contribution in [1.29, 1.82) is 0 Å². The number of carbonyl (C=O) groups is 2. The van der Waals surface area contributed by atoms with Crippen LogP contribution in [-0.2, 0) is 0 Å². The molecule has 3 amide bonds. The smallest absolute Gasteiger partial charge is 0.319 e. The van der Waals surface area contributed by atoms with Crippen LogP contribution in [0.1, 0.15) is 23.4 Å². The number of methoxy groups -OCH3 is 1. The summed E-state index contributed by atoms with van der Waals surface area (Å²) in [4.78, 5) is 26.4. The second-order valence-electron chi connectivity index (χ2n) is 6.01. The molecule has 1 aliphatic heterocycles. The van der Waals surface area contributed by atoms with Gasteiger partial charge in [-0.05, 0) is 43.2 Å². The highest BCUT2D eigenvalue weighted by Gasteiger charge is 2.26. The molecule has 1 saturated heterocycles. The van der Waals surface area contributed by atoms with E-state index in [0.29, 0.717) is 35.3 Å². The molecule has 2 N–H and O–H groups in total. The van der Waals surface area contributed by atoms with Gasteiger partial charge < -0.3 is 24.7 Å². The third-order valence-electron chi connectivity index (χ3n) is 4.19. The number of nitrogens with zero attached hydrogens (tertiary/aromatic N) is 1. The molecule has 1 aromatic carbocycles. The molecule has 26 heavy (non-hydrogen) atoms. The van der Waals surface area contributed by atoms with Crippen LogP contribution in [0.4, 0.5) is 10.5 Å². The van der Waals surface area contributed by atoms with Crippen LogP contribution in [0, 0.1) is 0 Å². The van der Waals surface area contributed by atoms with Crippen LogP contribution < -0.4 is 15.4 Å². The number of benzene rings is 1. The quantitative estimate of drug-likeness (QED) is 0.855. The van der Waals surface area contributed by atoms with Crippen LogP contribution >= 0.6 is 11.6 Å². The maximum atomic E-state index is 12.4. The summed E-state index contributed by atoms with van der Waals surface area (Å²) in [5.41, 5.74) is 0.483. The highest BCUT2D eigenvalue weighted by Crippen LogP contribution is 2.27. The first-order valence-corrected chi connectivity index (χ1v) is 8.68. The molecule has 8 heteroatoms. The zero-order valence-corrected chi connectivity index (χ0v) is 15.1. The minimum absolute atomic E-state index is 0.146. The largest absolute Gasteiger partial charge is 0.495 e. The van der Waals surface area contributed by atoms with Gasteiger partial charge in [0.25, 0.3) is 5.91 Å². The fourth-order valence-electron chi connectivity index (χ4n) is 2.96. The molecule has 1 fully saturated rings. The van der Waals surface area contributed by atoms with E-state index < -0.39 is 0 Å². The van der Waals surface area contributed by atoms with Crippen molar-refractivity contribution >= 4 is 29.2 Å². The number of hydrogen-bond acceptors (Lipinski definition) is 4. The summed E-state index contributed by atoms with van der Waals surface area (Å²) in [6, 6.07) is 7.78. The lowest BCUT2D eigenvalue weighted by atomic mass is 10.1. The Bertz CT molecular complexity index is 779. The van der Waals surface area contributed by atoms with Crippen molar-refractivity contribution in [3.8, 4) is 5.75 Å². The molecule has 1 atom stereocenters. The van der Waals surface area contributed by atoms with Gasteiger partial charge in [-0.15, -0.1) is 0 Å². The number of anilines is 1. The number of rotatable bonds is 4. The van der Waals surface area contributed by atoms with Crippen molar-refractivity contribution < 1.29 is 18.7 Å². The summed E-state index contributed by atoms with van der Waals surface area (Å²) >= 11 is 5.97. The van der Waals surface area contributed by atoms with Crippen molar-refractivity contribution in [3.05, 3.63) is 47.4 Å². The van der Waals surface area contributed by atoms with Gasteiger partial charge in [0.15, 0.2) is 5.76 Å². The molecule has 0 saturated carbocycles. The number of hydrogen-bond donors (Lipinski definition) is 2. The highest BCUT2D eigenvalue weighted by molar-refractivity contribution is 6.31. The number of furan rings is 1. The summed E-state index contributed by atoms with van der Waals surface area (Å²) in [5.74, 6) is 0.653. The van der Waals surface area contributed by atoms with Crippen LogP contribution in [0.5, 0.6) is 5.75 Å². The molecule has 0 radical (unpaired) electrons. The second kappa shape index (κ2) is 8.14. The third-order valence-corrected chi connectivity index (χ3v) is 4.42. The topological polar surface area (TPSA) is 83.8 Å². The third kappa shape index (κ3) is 4.29. The van der Waals surface area contributed by atoms with Crippen LogP contribution in [0.2, 0.25) is 5.02 Å². The first-order valence-electron chi connectivity index (χ1n) is 8.30. The van der Waals surface area contributed by atoms with E-state index in [1.807, 2.05) is 0 Å². The standard InChI is InChI=1S/C18H20ClN3O4/c1-25-15-7-6-12(19)10-14(15)21-18(24)20-13-4-2-8-22(11-13)17(23)16-5-3-9-26-16/h3,5-7,9-10,13H,2,4,8,11H2,1H3,(H2,20,21,24)/t13-/m1/s1. The van der Waals surface area contributed by atoms with Crippen molar-refractivity contribution in [2.24, 2.45) is 0 Å². The van der Waals surface area contributed by atoms with E-state index >= 15 is 0 Å². The van der Waals surface area contributed by atoms with E-state index in [1.165, 1.54) is 13.4 Å². The average Bonchev–Trinajstić information content (AvgIpc) is 3.16. The summed E-state index contributed by atoms with van der Waals surface area (Å²) in [6.45, 7) is 1.07. The van der Waals surface area contributed by atoms with Gasteiger partial charge in [-0.3, -0.25) is 4.79 Å². The summed E-state index contributed by atoms with van der Waals surface area (Å²) < 4.78 is 10.4. The average molecular weight is 378 g/mol. The molecule has 7 nitrogen and oxygen atoms in total. The maximum Gasteiger partial charge on any atom is 0.319 e. The molecule has 138 valence electrons. The second-order valence-corrected chi connectivity index (χ2v) is 6.45. The van der Waals surface area contributed by atoms with E-state index in [1.54, 1.807) is 35.2 Å². The van der Waals surface area contributed by atoms with Crippen LogP contribution in [0.25, 0.3) is 0 Å². The zero-order chi connectivity index (χ0) is 18.5. The number of carbonyl (C=O) groups excluding carboxylic acids is 2. The normalized spacial score (nSPS) is 16.8. The van der Waals surface area contributed by atoms with Crippen molar-refractivity contribution in [3.63, 3.8) is 0 Å². The molecule has 2 heterocycles. The minimum Gasteiger partial charge on any atom is -0.495 e. The van der Waals surface area contributed by atoms with Gasteiger partial charge in [-0.2, -0.15) is 0 Å². The summed E-state index contributed by atoms with van der Waals surface area (Å²) in [5, 5.41) is 6.13. The lowest BCUT2D eigenvalue weighted by Crippen LogP contribution is -2.50. The first-order chi connectivity index (χ1) is 12.6. The summed E-state index contributed by atoms with van der Waals surface area (Å²) in [6.07, 6.45) is 3.07. The SMILES string of the molecule is COc1ccc(Cl)cc1NC(=O)N[C@@H]1CCCN(C(=O)c2ccco2)C1. The fourth-order valence-corrected chi connectivity index (χ4v) is 3.13. The molecule has 1 aromatic heterocycles. The zero-order valence-electron chi connectivity index (χ0n) is 14.3. The van der Waals surface area contributed by atoms with Gasteiger partial charge in [0.2, 0.25) is 0 Å². The number of amides is 3. The van der Waals surface area contributed by atoms with E-state index in [0.717, 1.165) is 12.8 Å². The molecule has 0 bridgehead atoms. The predicted molar refractivity (Wildman–Crippen MR) is 97.8 cm³/mol. The highest BCUT2D eigenvalue weighted by atomic mass is 35.5. The summed E-state index contributed by atoms with van der Waals surface area (Å²) in [7, 11) is 1.52. The van der Waals surface area contributed by atoms with Gasteiger partial charge in [-0.25, -0.2) is 4.79 Å². The first kappa shape index (κ1) is 18.1. The molecule has 0 unspecified atom stereocenters. The van der Waals surface area contributed by atoms with Gasteiger partial charge in [0.05, 0.1) is 19.1 Å². The van der Waals surface area contributed by atoms with Gasteiger partial charge in [-0.1, -0.05) is 11.6 Å². The van der Waals surface area contributed by atoms with E-state index in [-0.39, 0.29) is 18.0 Å². The number of nitrogens with one attached hydrogen (secondary N) is 2. The molecular weight excluding hydrogens is 358 g/mol. The van der Waals surface area contributed by atoms with Gasteiger partial charge in [0.1, 0.15) is 5.75 Å². The minimum atomic E-state index is -0.372. The maximum absolute atomic E-state index is 12.4. The molecule has 1 aliphatic rings. The Morgan fingerprint density at radius 1 is 1.35 bits per heavy atom. The van der Waals surface area contributed by atoms with Crippen molar-refractivity contribution in [2.45, 2.75) is 18.9 Å². The monoisotopic (exact) mass is 377 g/mol. The number of likely N-dealkylation sites (tertiary alicyclic amines) is 1. The number of urea groups is 1. The number of piperidine rings is 1. The molecule has 2 aromatic rings. The Balaban J connectivity index is 1.59. The van der Waals surface area contributed by atoms with Gasteiger partial charge >= 0.3 is 6.03 Å². The molecule has 0 aliphatic carbocycles. The Kier molecular flexibility index (Phi) is 5.68. The van der Waals surface area contributed by atoms with E-state index in [9.17, 15) is 9.59 Å². The lowest BCUT2D eigenvalue weighted by Gasteiger charge is -2.32. The Labute approximate surface area is 156 Å². The number of halogens is 1. The molecule has 3 rings (SSSR count). The van der Waals surface area contributed by atoms with Crippen LogP contribution in [0.15, 0.2) is 41.0 Å². The van der Waals surface area contributed by atoms with Crippen LogP contribution in [-0.4, -0.2) is 43.1 Å². The molecular formula is C18H20ClN3O4. The molecule has 0 spiro atoms. The number of ether oxygens (including phenoxy) is 1. The Morgan fingerprint density at radius 3 is 2.92 bits per heavy atom. The van der Waals surface area contributed by atoms with Crippen LogP contribution in [0.3, 0.4) is 0 Å². The predicted octanol–water partition coefficient (Wildman–Crippen LogP) is 3.37.